The third-order valence-corrected chi connectivity index (χ3v) is 7.09. The third kappa shape index (κ3) is 17.4. The van der Waals surface area contributed by atoms with E-state index in [1.807, 2.05) is 6.92 Å². The smallest absolute Gasteiger partial charge is 0.267 e. The second-order valence-electron chi connectivity index (χ2n) is 4.85. The molecule has 0 rings (SSSR count). The first-order chi connectivity index (χ1) is 8.42. The fourth-order valence-corrected chi connectivity index (χ4v) is 4.83. The first-order valence-corrected chi connectivity index (χ1v) is 15.7. The Morgan fingerprint density at radius 3 is 1.94 bits per heavy atom. The van der Waals surface area contributed by atoms with Crippen molar-refractivity contribution in [3.8, 4) is 0 Å². The Morgan fingerprint density at radius 2 is 1.44 bits per heavy atom. The summed E-state index contributed by atoms with van der Waals surface area (Å²) < 4.78 is 4.12. The molecule has 18 heavy (non-hydrogen) atoms. The first kappa shape index (κ1) is 19.4. The Morgan fingerprint density at radius 1 is 0.944 bits per heavy atom. The van der Waals surface area contributed by atoms with Crippen LogP contribution in [-0.4, -0.2) is 17.1 Å². The minimum absolute atomic E-state index is 0.720. The molecule has 0 aliphatic rings. The summed E-state index contributed by atoms with van der Waals surface area (Å²) in [6, 6.07) is 1.25. The van der Waals surface area contributed by atoms with E-state index in [1.165, 1.54) is 51.0 Å². The number of halogens is 3. The van der Waals surface area contributed by atoms with Gasteiger partial charge in [0.25, 0.3) is 3.93 Å². The van der Waals surface area contributed by atoms with Gasteiger partial charge < -0.3 is 4.74 Å². The molecule has 0 saturated heterocycles. The van der Waals surface area contributed by atoms with Gasteiger partial charge in [0, 0.05) is 6.61 Å². The monoisotopic (exact) mass is 462 g/mol. The summed E-state index contributed by atoms with van der Waals surface area (Å²) in [6.45, 7) is 7.43. The van der Waals surface area contributed by atoms with Crippen molar-refractivity contribution in [3.05, 3.63) is 12.2 Å². The molecular weight excluding hydrogens is 440 g/mol. The summed E-state index contributed by atoms with van der Waals surface area (Å²) in [5.41, 5.74) is 1.11. The maximum Gasteiger partial charge on any atom is 0.267 e. The highest BCUT2D eigenvalue weighted by atomic mass is 80.0. The van der Waals surface area contributed by atoms with Crippen LogP contribution in [-0.2, 0) is 4.74 Å². The van der Waals surface area contributed by atoms with Crippen LogP contribution in [0, 0.1) is 0 Å². The number of unbranched alkanes of at least 4 members (excludes halogenated alkanes) is 6. The van der Waals surface area contributed by atoms with Gasteiger partial charge in [-0.3, -0.25) is 0 Å². The molecule has 0 unspecified atom stereocenters. The molecule has 5 heteroatoms. The SMILES string of the molecule is C=C(C)COCCCCCCCCC[Si](Br)(Br)Br. The molecule has 0 aromatic rings. The highest BCUT2D eigenvalue weighted by molar-refractivity contribution is 9.72. The van der Waals surface area contributed by atoms with Gasteiger partial charge in [0.2, 0.25) is 0 Å². The van der Waals surface area contributed by atoms with Gasteiger partial charge in [-0.15, -0.1) is 0 Å². The molecular formula is C13H25Br3OSi. The molecule has 0 spiro atoms. The summed E-state index contributed by atoms with van der Waals surface area (Å²) >= 11 is 11.0. The Bertz CT molecular complexity index is 217. The average molecular weight is 465 g/mol. The molecule has 0 atom stereocenters. The minimum atomic E-state index is -1.34. The van der Waals surface area contributed by atoms with Crippen LogP contribution >= 0.6 is 45.9 Å². The van der Waals surface area contributed by atoms with E-state index in [1.54, 1.807) is 0 Å². The van der Waals surface area contributed by atoms with E-state index in [9.17, 15) is 0 Å². The van der Waals surface area contributed by atoms with Gasteiger partial charge in [0.15, 0.2) is 0 Å². The van der Waals surface area contributed by atoms with Gasteiger partial charge in [-0.05, 0) is 19.4 Å². The normalized spacial score (nSPS) is 11.8. The van der Waals surface area contributed by atoms with Gasteiger partial charge in [0.1, 0.15) is 0 Å². The predicted molar refractivity (Wildman–Crippen MR) is 95.3 cm³/mol. The van der Waals surface area contributed by atoms with Crippen LogP contribution in [0.5, 0.6) is 0 Å². The van der Waals surface area contributed by atoms with Crippen molar-refractivity contribution in [3.63, 3.8) is 0 Å². The predicted octanol–water partition coefficient (Wildman–Crippen LogP) is 6.43. The minimum Gasteiger partial charge on any atom is -0.377 e. The Labute approximate surface area is 137 Å². The third-order valence-electron chi connectivity index (χ3n) is 2.60. The van der Waals surface area contributed by atoms with Crippen LogP contribution < -0.4 is 0 Å². The van der Waals surface area contributed by atoms with E-state index in [2.05, 4.69) is 52.5 Å². The molecule has 1 nitrogen and oxygen atoms in total. The van der Waals surface area contributed by atoms with Crippen molar-refractivity contribution >= 4 is 49.8 Å². The second-order valence-corrected chi connectivity index (χ2v) is 28.3. The van der Waals surface area contributed by atoms with E-state index in [-0.39, 0.29) is 0 Å². The van der Waals surface area contributed by atoms with Crippen molar-refractivity contribution < 1.29 is 4.74 Å². The molecule has 0 radical (unpaired) electrons. The van der Waals surface area contributed by atoms with Crippen LogP contribution in [0.25, 0.3) is 0 Å². The van der Waals surface area contributed by atoms with Crippen LogP contribution in [0.3, 0.4) is 0 Å². The van der Waals surface area contributed by atoms with Gasteiger partial charge in [-0.1, -0.05) is 96.6 Å². The lowest BCUT2D eigenvalue weighted by molar-refractivity contribution is 0.151. The molecule has 108 valence electrons. The molecule has 0 aliphatic carbocycles. The lowest BCUT2D eigenvalue weighted by Gasteiger charge is -2.08. The molecule has 0 aromatic carbocycles. The van der Waals surface area contributed by atoms with E-state index in [4.69, 9.17) is 4.74 Å². The van der Waals surface area contributed by atoms with Crippen molar-refractivity contribution in [2.24, 2.45) is 0 Å². The lowest BCUT2D eigenvalue weighted by atomic mass is 10.1. The average Bonchev–Trinajstić information content (AvgIpc) is 2.24. The van der Waals surface area contributed by atoms with E-state index < -0.39 is 3.93 Å². The zero-order valence-electron chi connectivity index (χ0n) is 11.3. The molecule has 0 fully saturated rings. The molecule has 0 N–H and O–H groups in total. The van der Waals surface area contributed by atoms with Gasteiger partial charge in [0.05, 0.1) is 6.61 Å². The molecule has 0 bridgehead atoms. The van der Waals surface area contributed by atoms with Crippen LogP contribution in [0.1, 0.15) is 51.9 Å². The van der Waals surface area contributed by atoms with Crippen LogP contribution in [0.2, 0.25) is 6.04 Å². The summed E-state index contributed by atoms with van der Waals surface area (Å²) in [4.78, 5) is 0. The molecule has 0 aliphatic heterocycles. The highest BCUT2D eigenvalue weighted by Gasteiger charge is 2.20. The first-order valence-electron chi connectivity index (χ1n) is 6.70. The van der Waals surface area contributed by atoms with Gasteiger partial charge in [-0.2, -0.15) is 0 Å². The summed E-state index contributed by atoms with van der Waals surface area (Å²) in [7, 11) is 0. The number of rotatable bonds is 12. The van der Waals surface area contributed by atoms with Crippen molar-refractivity contribution in [1.29, 1.82) is 0 Å². The summed E-state index contributed by atoms with van der Waals surface area (Å²) in [5.74, 6) is 0. The molecule has 0 saturated carbocycles. The van der Waals surface area contributed by atoms with Crippen molar-refractivity contribution in [2.45, 2.75) is 57.9 Å². The number of hydrogen-bond acceptors (Lipinski definition) is 1. The number of ether oxygens (including phenoxy) is 1. The van der Waals surface area contributed by atoms with Crippen molar-refractivity contribution in [1.82, 2.24) is 0 Å². The van der Waals surface area contributed by atoms with Gasteiger partial charge >= 0.3 is 0 Å². The van der Waals surface area contributed by atoms with Gasteiger partial charge in [-0.25, -0.2) is 0 Å². The molecule has 0 aromatic heterocycles. The van der Waals surface area contributed by atoms with E-state index in [0.717, 1.165) is 18.8 Å². The Hall–Kier alpha value is 1.36. The summed E-state index contributed by atoms with van der Waals surface area (Å²) in [5, 5.41) is 0. The standard InChI is InChI=1S/C13H25Br3OSi/c1-13(2)12-17-10-8-6-4-3-5-7-9-11-18(14,15)16/h1,3-12H2,2H3. The second kappa shape index (κ2) is 12.1. The molecule has 0 amide bonds. The fourth-order valence-electron chi connectivity index (χ4n) is 1.66. The fraction of sp³-hybridized carbons (Fsp3) is 0.846. The zero-order chi connectivity index (χ0) is 13.9. The van der Waals surface area contributed by atoms with Crippen LogP contribution in [0.4, 0.5) is 0 Å². The number of hydrogen-bond donors (Lipinski definition) is 0. The summed E-state index contributed by atoms with van der Waals surface area (Å²) in [6.07, 6.45) is 9.22. The molecule has 0 heterocycles. The zero-order valence-corrected chi connectivity index (χ0v) is 17.1. The van der Waals surface area contributed by atoms with E-state index in [0.29, 0.717) is 0 Å². The largest absolute Gasteiger partial charge is 0.377 e. The van der Waals surface area contributed by atoms with E-state index >= 15 is 0 Å². The Kier molecular flexibility index (Phi) is 13.0. The quantitative estimate of drug-likeness (QED) is 0.140. The topological polar surface area (TPSA) is 9.23 Å². The maximum absolute atomic E-state index is 5.47. The van der Waals surface area contributed by atoms with Crippen molar-refractivity contribution in [2.75, 3.05) is 13.2 Å². The maximum atomic E-state index is 5.47. The van der Waals surface area contributed by atoms with Crippen LogP contribution in [0.15, 0.2) is 12.2 Å². The highest BCUT2D eigenvalue weighted by Crippen LogP contribution is 2.33. The lowest BCUT2D eigenvalue weighted by Crippen LogP contribution is -2.04. The Balaban J connectivity index is 3.06.